The molecule has 0 bridgehead atoms. The molecule has 3 nitrogen and oxygen atoms in total. The second-order valence-corrected chi connectivity index (χ2v) is 3.60. The fraction of sp³-hybridized carbons (Fsp3) is 0.889. The first-order valence-electron chi connectivity index (χ1n) is 4.72. The molecule has 1 heterocycles. The minimum absolute atomic E-state index is 0.241. The average Bonchev–Trinajstić information content (AvgIpc) is 2.53. The van der Waals surface area contributed by atoms with Gasteiger partial charge in [-0.25, -0.2) is 0 Å². The molecule has 1 aliphatic heterocycles. The summed E-state index contributed by atoms with van der Waals surface area (Å²) in [6, 6.07) is 0.300. The summed E-state index contributed by atoms with van der Waals surface area (Å²) < 4.78 is 5.33. The number of rotatable bonds is 1. The Morgan fingerprint density at radius 1 is 1.50 bits per heavy atom. The largest absolute Gasteiger partial charge is 0.378 e. The third-order valence-electron chi connectivity index (χ3n) is 2.79. The Morgan fingerprint density at radius 3 is 3.00 bits per heavy atom. The van der Waals surface area contributed by atoms with Gasteiger partial charge < -0.3 is 10.1 Å². The van der Waals surface area contributed by atoms with Crippen LogP contribution in [0.15, 0.2) is 0 Å². The van der Waals surface area contributed by atoms with Gasteiger partial charge in [0.2, 0.25) is 0 Å². The van der Waals surface area contributed by atoms with Gasteiger partial charge in [0.1, 0.15) is 5.78 Å². The van der Waals surface area contributed by atoms with E-state index >= 15 is 0 Å². The monoisotopic (exact) mass is 169 g/mol. The lowest BCUT2D eigenvalue weighted by Crippen LogP contribution is -2.47. The van der Waals surface area contributed by atoms with Crippen LogP contribution in [0.25, 0.3) is 0 Å². The summed E-state index contributed by atoms with van der Waals surface area (Å²) in [6.45, 7) is 2.41. The maximum Gasteiger partial charge on any atom is 0.137 e. The molecule has 2 atom stereocenters. The first-order chi connectivity index (χ1) is 5.88. The number of ether oxygens (including phenoxy) is 1. The van der Waals surface area contributed by atoms with Gasteiger partial charge in [-0.3, -0.25) is 4.79 Å². The van der Waals surface area contributed by atoms with Gasteiger partial charge in [0.25, 0.3) is 0 Å². The third kappa shape index (κ3) is 1.52. The van der Waals surface area contributed by atoms with Crippen LogP contribution in [0.5, 0.6) is 0 Å². The van der Waals surface area contributed by atoms with E-state index in [0.717, 1.165) is 39.0 Å². The van der Waals surface area contributed by atoms with Crippen molar-refractivity contribution in [3.05, 3.63) is 0 Å². The van der Waals surface area contributed by atoms with Gasteiger partial charge in [-0.05, 0) is 12.8 Å². The van der Waals surface area contributed by atoms with E-state index in [1.807, 2.05) is 0 Å². The lowest BCUT2D eigenvalue weighted by Gasteiger charge is -2.27. The molecule has 0 unspecified atom stereocenters. The molecular weight excluding hydrogens is 154 g/mol. The predicted octanol–water partition coefficient (Wildman–Crippen LogP) is 0.344. The topological polar surface area (TPSA) is 38.3 Å². The average molecular weight is 169 g/mol. The van der Waals surface area contributed by atoms with Crippen LogP contribution in [0.4, 0.5) is 0 Å². The molecule has 1 aliphatic carbocycles. The van der Waals surface area contributed by atoms with Crippen LogP contribution in [0.2, 0.25) is 0 Å². The van der Waals surface area contributed by atoms with E-state index in [2.05, 4.69) is 5.32 Å². The zero-order valence-electron chi connectivity index (χ0n) is 7.21. The quantitative estimate of drug-likeness (QED) is 0.615. The Balaban J connectivity index is 1.93. The lowest BCUT2D eigenvalue weighted by molar-refractivity contribution is -0.122. The summed E-state index contributed by atoms with van der Waals surface area (Å²) in [6.07, 6.45) is 2.91. The van der Waals surface area contributed by atoms with Crippen LogP contribution in [-0.2, 0) is 9.53 Å². The van der Waals surface area contributed by atoms with Crippen LogP contribution in [0.1, 0.15) is 19.3 Å². The van der Waals surface area contributed by atoms with E-state index in [1.54, 1.807) is 0 Å². The highest BCUT2D eigenvalue weighted by molar-refractivity contribution is 5.83. The Kier molecular flexibility index (Phi) is 2.42. The molecule has 2 aliphatic rings. The molecule has 1 N–H and O–H groups in total. The van der Waals surface area contributed by atoms with Crippen molar-refractivity contribution in [3.63, 3.8) is 0 Å². The second-order valence-electron chi connectivity index (χ2n) is 3.60. The fourth-order valence-electron chi connectivity index (χ4n) is 2.11. The SMILES string of the molecule is O=C1CCC[C@@H]1[C@H]1COCCN1. The third-order valence-corrected chi connectivity index (χ3v) is 2.79. The van der Waals surface area contributed by atoms with E-state index in [1.165, 1.54) is 0 Å². The molecule has 0 spiro atoms. The normalized spacial score (nSPS) is 37.2. The van der Waals surface area contributed by atoms with E-state index in [9.17, 15) is 4.79 Å². The van der Waals surface area contributed by atoms with Crippen molar-refractivity contribution in [1.82, 2.24) is 5.32 Å². The van der Waals surface area contributed by atoms with Crippen LogP contribution < -0.4 is 5.32 Å². The molecule has 1 saturated carbocycles. The van der Waals surface area contributed by atoms with Crippen molar-refractivity contribution in [3.8, 4) is 0 Å². The molecule has 2 fully saturated rings. The minimum atomic E-state index is 0.241. The number of carbonyl (C=O) groups is 1. The standard InChI is InChI=1S/C9H15NO2/c11-9-3-1-2-7(9)8-6-12-5-4-10-8/h7-8,10H,1-6H2/t7-,8-/m1/s1. The smallest absolute Gasteiger partial charge is 0.137 e. The highest BCUT2D eigenvalue weighted by Crippen LogP contribution is 2.25. The molecule has 0 aromatic heterocycles. The minimum Gasteiger partial charge on any atom is -0.378 e. The van der Waals surface area contributed by atoms with Gasteiger partial charge in [0.15, 0.2) is 0 Å². The molecule has 1 saturated heterocycles. The molecule has 2 rings (SSSR count). The first kappa shape index (κ1) is 8.20. The molecule has 0 radical (unpaired) electrons. The van der Waals surface area contributed by atoms with Gasteiger partial charge in [-0.2, -0.15) is 0 Å². The van der Waals surface area contributed by atoms with Crippen LogP contribution in [0.3, 0.4) is 0 Å². The maximum absolute atomic E-state index is 11.4. The zero-order valence-corrected chi connectivity index (χ0v) is 7.21. The number of morpholine rings is 1. The zero-order chi connectivity index (χ0) is 8.39. The summed E-state index contributed by atoms with van der Waals surface area (Å²) >= 11 is 0. The van der Waals surface area contributed by atoms with E-state index in [0.29, 0.717) is 11.8 Å². The number of nitrogens with one attached hydrogen (secondary N) is 1. The molecule has 3 heteroatoms. The van der Waals surface area contributed by atoms with Crippen LogP contribution >= 0.6 is 0 Å². The van der Waals surface area contributed by atoms with Gasteiger partial charge in [0.05, 0.1) is 13.2 Å². The van der Waals surface area contributed by atoms with Gasteiger partial charge in [-0.15, -0.1) is 0 Å². The number of ketones is 1. The molecule has 0 aromatic rings. The Bertz CT molecular complexity index is 175. The summed E-state index contributed by atoms with van der Waals surface area (Å²) in [5, 5.41) is 3.35. The van der Waals surface area contributed by atoms with Gasteiger partial charge >= 0.3 is 0 Å². The summed E-state index contributed by atoms with van der Waals surface area (Å²) in [5.41, 5.74) is 0. The Labute approximate surface area is 72.5 Å². The molecular formula is C9H15NO2. The van der Waals surface area contributed by atoms with Crippen molar-refractivity contribution in [2.45, 2.75) is 25.3 Å². The molecule has 12 heavy (non-hydrogen) atoms. The maximum atomic E-state index is 11.4. The van der Waals surface area contributed by atoms with Crippen molar-refractivity contribution in [2.75, 3.05) is 19.8 Å². The Morgan fingerprint density at radius 2 is 2.42 bits per heavy atom. The molecule has 0 amide bonds. The van der Waals surface area contributed by atoms with E-state index < -0.39 is 0 Å². The summed E-state index contributed by atoms with van der Waals surface area (Å²) in [7, 11) is 0. The van der Waals surface area contributed by atoms with Crippen molar-refractivity contribution in [1.29, 1.82) is 0 Å². The first-order valence-corrected chi connectivity index (χ1v) is 4.72. The number of hydrogen-bond donors (Lipinski definition) is 1. The van der Waals surface area contributed by atoms with Crippen molar-refractivity contribution >= 4 is 5.78 Å². The van der Waals surface area contributed by atoms with Crippen LogP contribution in [-0.4, -0.2) is 31.6 Å². The highest BCUT2D eigenvalue weighted by atomic mass is 16.5. The fourth-order valence-corrected chi connectivity index (χ4v) is 2.11. The van der Waals surface area contributed by atoms with E-state index in [4.69, 9.17) is 4.74 Å². The van der Waals surface area contributed by atoms with Crippen LogP contribution in [0, 0.1) is 5.92 Å². The summed E-state index contributed by atoms with van der Waals surface area (Å²) in [4.78, 5) is 11.4. The number of hydrogen-bond acceptors (Lipinski definition) is 3. The lowest BCUT2D eigenvalue weighted by atomic mass is 9.97. The highest BCUT2D eigenvalue weighted by Gasteiger charge is 2.32. The van der Waals surface area contributed by atoms with Gasteiger partial charge in [0, 0.05) is 24.9 Å². The van der Waals surface area contributed by atoms with Crippen molar-refractivity contribution in [2.24, 2.45) is 5.92 Å². The van der Waals surface area contributed by atoms with Crippen molar-refractivity contribution < 1.29 is 9.53 Å². The number of Topliss-reactive ketones (excluding diaryl/α,β-unsaturated/α-hetero) is 1. The predicted molar refractivity (Wildman–Crippen MR) is 45.0 cm³/mol. The molecule has 0 aromatic carbocycles. The number of carbonyl (C=O) groups excluding carboxylic acids is 1. The van der Waals surface area contributed by atoms with E-state index in [-0.39, 0.29) is 5.92 Å². The van der Waals surface area contributed by atoms with Gasteiger partial charge in [-0.1, -0.05) is 0 Å². The second kappa shape index (κ2) is 3.54. The summed E-state index contributed by atoms with van der Waals surface area (Å²) in [5.74, 6) is 0.670. The Hall–Kier alpha value is -0.410. The molecule has 68 valence electrons.